The van der Waals surface area contributed by atoms with Gasteiger partial charge in [-0.2, -0.15) is 0 Å². The number of rotatable bonds is 8. The van der Waals surface area contributed by atoms with Crippen LogP contribution in [0.4, 0.5) is 11.5 Å². The Hall–Kier alpha value is -3.97. The molecule has 168 valence electrons. The Bertz CT molecular complexity index is 1110. The maximum absolute atomic E-state index is 12.3. The van der Waals surface area contributed by atoms with Gasteiger partial charge < -0.3 is 31.9 Å². The fourth-order valence-corrected chi connectivity index (χ4v) is 3.12. The second-order valence-electron chi connectivity index (χ2n) is 6.81. The molecule has 1 unspecified atom stereocenters. The van der Waals surface area contributed by atoms with E-state index >= 15 is 0 Å². The molecule has 0 aliphatic carbocycles. The number of carbonyl (C=O) groups excluding carboxylic acids is 1. The van der Waals surface area contributed by atoms with Gasteiger partial charge in [-0.05, 0) is 18.2 Å². The van der Waals surface area contributed by atoms with Crippen LogP contribution in [0.2, 0.25) is 5.02 Å². The molecule has 32 heavy (non-hydrogen) atoms. The second kappa shape index (κ2) is 9.03. The van der Waals surface area contributed by atoms with Gasteiger partial charge in [0.05, 0.1) is 23.6 Å². The van der Waals surface area contributed by atoms with E-state index in [4.69, 9.17) is 33.3 Å². The summed E-state index contributed by atoms with van der Waals surface area (Å²) >= 11 is 6.16. The highest BCUT2D eigenvalue weighted by atomic mass is 35.5. The molecule has 1 aromatic carbocycles. The van der Waals surface area contributed by atoms with Gasteiger partial charge in [0.25, 0.3) is 5.91 Å². The van der Waals surface area contributed by atoms with Gasteiger partial charge in [0.2, 0.25) is 5.79 Å². The fourth-order valence-electron chi connectivity index (χ4n) is 2.86. The Morgan fingerprint density at radius 2 is 1.94 bits per heavy atom. The van der Waals surface area contributed by atoms with Crippen molar-refractivity contribution in [2.24, 2.45) is 16.5 Å². The molecule has 0 radical (unpaired) electrons. The Morgan fingerprint density at radius 3 is 2.59 bits per heavy atom. The molecule has 0 fully saturated rings. The van der Waals surface area contributed by atoms with Crippen LogP contribution < -0.4 is 27.4 Å². The molecule has 3 rings (SSSR count). The number of nitrogens with one attached hydrogen (secondary N) is 3. The van der Waals surface area contributed by atoms with Crippen molar-refractivity contribution in [3.8, 4) is 0 Å². The number of hydrogen-bond donors (Lipinski definition) is 7. The summed E-state index contributed by atoms with van der Waals surface area (Å²) < 4.78 is 0. The van der Waals surface area contributed by atoms with Gasteiger partial charge in [0.15, 0.2) is 11.7 Å². The van der Waals surface area contributed by atoms with E-state index in [-0.39, 0.29) is 23.0 Å². The number of halogens is 1. The van der Waals surface area contributed by atoms with Crippen molar-refractivity contribution in [1.29, 1.82) is 0 Å². The predicted molar refractivity (Wildman–Crippen MR) is 114 cm³/mol. The third kappa shape index (κ3) is 5.19. The summed E-state index contributed by atoms with van der Waals surface area (Å²) in [6.07, 6.45) is 2.18. The fraction of sp³-hybridized carbons (Fsp3) is 0.222. The molecule has 1 aliphatic heterocycles. The second-order valence-corrected chi connectivity index (χ2v) is 7.22. The van der Waals surface area contributed by atoms with Crippen molar-refractivity contribution in [3.05, 3.63) is 46.9 Å². The maximum atomic E-state index is 12.3. The molecule has 0 spiro atoms. The molecule has 13 nitrogen and oxygen atoms in total. The molecule has 0 saturated carbocycles. The van der Waals surface area contributed by atoms with E-state index in [1.807, 2.05) is 0 Å². The molecule has 1 aromatic heterocycles. The molecular weight excluding hydrogens is 444 g/mol. The Labute approximate surface area is 185 Å². The van der Waals surface area contributed by atoms with Gasteiger partial charge in [-0.1, -0.05) is 11.6 Å². The number of benzene rings is 1. The van der Waals surface area contributed by atoms with Crippen LogP contribution in [0.15, 0.2) is 35.6 Å². The number of amidine groups is 1. The van der Waals surface area contributed by atoms with Gasteiger partial charge in [-0.15, -0.1) is 0 Å². The number of aliphatic imine (C=N–C) groups is 1. The number of nitrogens with two attached hydrogens (primary N) is 2. The van der Waals surface area contributed by atoms with Crippen molar-refractivity contribution in [2.75, 3.05) is 17.2 Å². The zero-order chi connectivity index (χ0) is 23.5. The van der Waals surface area contributed by atoms with Crippen molar-refractivity contribution >= 4 is 46.8 Å². The van der Waals surface area contributed by atoms with Gasteiger partial charge >= 0.3 is 11.9 Å². The minimum atomic E-state index is -1.60. The predicted octanol–water partition coefficient (Wildman–Crippen LogP) is -0.357. The van der Waals surface area contributed by atoms with Crippen LogP contribution in [0, 0.1) is 0 Å². The molecule has 14 heteroatoms. The lowest BCUT2D eigenvalue weighted by atomic mass is 10.1. The van der Waals surface area contributed by atoms with E-state index in [0.29, 0.717) is 17.2 Å². The Morgan fingerprint density at radius 1 is 1.22 bits per heavy atom. The highest BCUT2D eigenvalue weighted by Crippen LogP contribution is 2.24. The Kier molecular flexibility index (Phi) is 6.41. The number of aliphatic carboxylic acids is 2. The van der Waals surface area contributed by atoms with Crippen LogP contribution in [0.1, 0.15) is 22.5 Å². The number of fused-ring (bicyclic) bond motifs is 1. The number of amides is 1. The van der Waals surface area contributed by atoms with E-state index in [2.05, 4.69) is 30.9 Å². The molecule has 0 bridgehead atoms. The summed E-state index contributed by atoms with van der Waals surface area (Å²) in [4.78, 5) is 46.7. The normalized spacial score (nSPS) is 17.9. The largest absolute Gasteiger partial charge is 0.481 e. The van der Waals surface area contributed by atoms with Crippen LogP contribution in [0.3, 0.4) is 0 Å². The van der Waals surface area contributed by atoms with Crippen molar-refractivity contribution in [2.45, 2.75) is 18.2 Å². The SMILES string of the molecule is NC1=NC(N)(CNc2ccc(C(=O)N[C@@H](CC(=O)O)C(=O)O)c(Cl)c2)Nc2nccnc21. The van der Waals surface area contributed by atoms with E-state index in [9.17, 15) is 14.4 Å². The number of carbonyl (C=O) groups is 3. The molecular formula is C18H19ClN8O5. The van der Waals surface area contributed by atoms with Crippen molar-refractivity contribution in [3.63, 3.8) is 0 Å². The van der Waals surface area contributed by atoms with Crippen LogP contribution >= 0.6 is 11.6 Å². The first-order valence-electron chi connectivity index (χ1n) is 9.10. The van der Waals surface area contributed by atoms with E-state index < -0.39 is 36.1 Å². The van der Waals surface area contributed by atoms with Gasteiger partial charge in [0, 0.05) is 18.1 Å². The maximum Gasteiger partial charge on any atom is 0.326 e. The molecule has 9 N–H and O–H groups in total. The van der Waals surface area contributed by atoms with Gasteiger partial charge in [0.1, 0.15) is 11.7 Å². The number of carboxylic acid groups (broad SMARTS) is 2. The molecule has 2 atom stereocenters. The zero-order valence-electron chi connectivity index (χ0n) is 16.4. The highest BCUT2D eigenvalue weighted by molar-refractivity contribution is 6.34. The number of nitrogens with zero attached hydrogens (tertiary/aromatic N) is 3. The number of hydrogen-bond acceptors (Lipinski definition) is 10. The van der Waals surface area contributed by atoms with Crippen LogP contribution in [-0.4, -0.2) is 62.2 Å². The quantitative estimate of drug-likeness (QED) is 0.268. The van der Waals surface area contributed by atoms with Crippen LogP contribution in [0.5, 0.6) is 0 Å². The average Bonchev–Trinajstić information content (AvgIpc) is 2.71. The van der Waals surface area contributed by atoms with E-state index in [1.54, 1.807) is 0 Å². The molecule has 2 heterocycles. The van der Waals surface area contributed by atoms with Crippen molar-refractivity contribution < 1.29 is 24.6 Å². The Balaban J connectivity index is 1.68. The third-order valence-electron chi connectivity index (χ3n) is 4.35. The van der Waals surface area contributed by atoms with Gasteiger partial charge in [-0.3, -0.25) is 15.3 Å². The summed E-state index contributed by atoms with van der Waals surface area (Å²) in [5.41, 5.74) is 13.0. The first-order valence-corrected chi connectivity index (χ1v) is 9.48. The lowest BCUT2D eigenvalue weighted by molar-refractivity contribution is -0.145. The number of carboxylic acids is 2. The summed E-state index contributed by atoms with van der Waals surface area (Å²) in [5.74, 6) is -4.51. The zero-order valence-corrected chi connectivity index (χ0v) is 17.1. The lowest BCUT2D eigenvalue weighted by Crippen LogP contribution is -2.55. The topological polar surface area (TPSA) is 218 Å². The summed E-state index contributed by atoms with van der Waals surface area (Å²) in [6.45, 7) is 0.0608. The third-order valence-corrected chi connectivity index (χ3v) is 4.67. The molecule has 1 aliphatic rings. The van der Waals surface area contributed by atoms with E-state index in [0.717, 1.165) is 0 Å². The van der Waals surface area contributed by atoms with Crippen LogP contribution in [-0.2, 0) is 9.59 Å². The first-order chi connectivity index (χ1) is 15.1. The van der Waals surface area contributed by atoms with Crippen LogP contribution in [0.25, 0.3) is 0 Å². The standard InChI is InChI=1S/C18H19ClN8O5/c19-10-5-8(1-2-9(10)16(30)25-11(17(31)32)6-12(28)29)24-7-18(21)26-14(20)13-15(27-18)23-4-3-22-13/h1-5,11,24H,6-7,21H2,(H2,20,26)(H,23,27)(H,25,30)(H,28,29)(H,31,32)/t11-,18?/m0/s1. The smallest absolute Gasteiger partial charge is 0.326 e. The van der Waals surface area contributed by atoms with Gasteiger partial charge in [-0.25, -0.2) is 19.8 Å². The first kappa shape index (κ1) is 22.7. The lowest BCUT2D eigenvalue weighted by Gasteiger charge is -2.31. The minimum Gasteiger partial charge on any atom is -0.481 e. The van der Waals surface area contributed by atoms with Crippen molar-refractivity contribution in [1.82, 2.24) is 15.3 Å². The molecule has 1 amide bonds. The molecule has 2 aromatic rings. The minimum absolute atomic E-state index is 0.00821. The summed E-state index contributed by atoms with van der Waals surface area (Å²) in [6, 6.07) is 2.70. The summed E-state index contributed by atoms with van der Waals surface area (Å²) in [7, 11) is 0. The average molecular weight is 463 g/mol. The monoisotopic (exact) mass is 462 g/mol. The highest BCUT2D eigenvalue weighted by Gasteiger charge is 2.31. The molecule has 0 saturated heterocycles. The summed E-state index contributed by atoms with van der Waals surface area (Å²) in [5, 5.41) is 25.9. The number of aromatic nitrogens is 2. The van der Waals surface area contributed by atoms with E-state index in [1.165, 1.54) is 30.6 Å². The number of anilines is 2.